The molecule has 0 heterocycles. The third kappa shape index (κ3) is 6.21. The van der Waals surface area contributed by atoms with Crippen LogP contribution in [0.5, 0.6) is 11.5 Å². The van der Waals surface area contributed by atoms with Crippen molar-refractivity contribution in [3.8, 4) is 11.5 Å². The monoisotopic (exact) mass is 427 g/mol. The Morgan fingerprint density at radius 3 is 1.72 bits per heavy atom. The zero-order valence-corrected chi connectivity index (χ0v) is 17.0. The maximum atomic E-state index is 12.8. The van der Waals surface area contributed by atoms with Crippen molar-refractivity contribution >= 4 is 29.5 Å². The van der Waals surface area contributed by atoms with Crippen LogP contribution in [0.1, 0.15) is 11.1 Å². The summed E-state index contributed by atoms with van der Waals surface area (Å²) >= 11 is 0. The van der Waals surface area contributed by atoms with E-state index in [9.17, 15) is 24.9 Å². The van der Waals surface area contributed by atoms with Crippen LogP contribution in [-0.4, -0.2) is 27.0 Å². The fourth-order valence-electron chi connectivity index (χ4n) is 2.75. The molecule has 6 nitrogen and oxygen atoms in total. The van der Waals surface area contributed by atoms with Crippen LogP contribution in [0.25, 0.3) is 12.2 Å². The number of aliphatic hydroxyl groups is 1. The Balaban J connectivity index is 1.90. The Kier molecular flexibility index (Phi) is 7.22. The van der Waals surface area contributed by atoms with Gasteiger partial charge in [-0.1, -0.05) is 54.6 Å². The third-order valence-corrected chi connectivity index (χ3v) is 4.41. The number of rotatable bonds is 7. The van der Waals surface area contributed by atoms with E-state index in [1.807, 2.05) is 0 Å². The van der Waals surface area contributed by atoms with Crippen molar-refractivity contribution in [2.24, 2.45) is 0 Å². The van der Waals surface area contributed by atoms with Gasteiger partial charge in [0.05, 0.1) is 0 Å². The topological polar surface area (TPSA) is 107 Å². The Bertz CT molecular complexity index is 1180. The predicted octanol–water partition coefficient (Wildman–Crippen LogP) is 4.84. The van der Waals surface area contributed by atoms with Gasteiger partial charge in [0, 0.05) is 5.69 Å². The highest BCUT2D eigenvalue weighted by Gasteiger charge is 2.21. The van der Waals surface area contributed by atoms with E-state index in [1.54, 1.807) is 54.6 Å². The van der Waals surface area contributed by atoms with Crippen LogP contribution < -0.4 is 5.32 Å². The standard InChI is InChI=1S/C26H21NO5/c28-21-12-6-18(7-13-21)10-16-23(30)25(26(32)27-20-4-2-1-3-5-20)24(31)17-11-19-8-14-22(29)15-9-19/h1-17,28-30H,(H,27,32)/b16-10?,17-11+,25-23?. The number of allylic oxidation sites excluding steroid dienone is 2. The lowest BCUT2D eigenvalue weighted by atomic mass is 10.1. The number of nitrogens with one attached hydrogen (secondary N) is 1. The van der Waals surface area contributed by atoms with Gasteiger partial charge in [-0.05, 0) is 59.7 Å². The first kappa shape index (κ1) is 22.1. The number of hydrogen-bond donors (Lipinski definition) is 4. The van der Waals surface area contributed by atoms with Crippen LogP contribution >= 0.6 is 0 Å². The minimum absolute atomic E-state index is 0.0910. The maximum Gasteiger partial charge on any atom is 0.263 e. The molecule has 1 amide bonds. The molecule has 0 atom stereocenters. The molecule has 0 radical (unpaired) electrons. The zero-order valence-electron chi connectivity index (χ0n) is 17.0. The first-order valence-corrected chi connectivity index (χ1v) is 9.70. The van der Waals surface area contributed by atoms with Gasteiger partial charge in [0.25, 0.3) is 5.91 Å². The highest BCUT2D eigenvalue weighted by Crippen LogP contribution is 2.16. The molecule has 0 saturated heterocycles. The van der Waals surface area contributed by atoms with E-state index in [0.717, 1.165) is 0 Å². The minimum atomic E-state index is -0.760. The molecule has 160 valence electrons. The molecule has 0 unspecified atom stereocenters. The van der Waals surface area contributed by atoms with Gasteiger partial charge in [0.1, 0.15) is 22.8 Å². The third-order valence-electron chi connectivity index (χ3n) is 4.41. The highest BCUT2D eigenvalue weighted by atomic mass is 16.3. The number of aromatic hydroxyl groups is 2. The first-order chi connectivity index (χ1) is 15.4. The molecule has 6 heteroatoms. The summed E-state index contributed by atoms with van der Waals surface area (Å²) in [5, 5.41) is 31.9. The fraction of sp³-hybridized carbons (Fsp3) is 0. The lowest BCUT2D eigenvalue weighted by Crippen LogP contribution is -2.21. The number of para-hydroxylation sites is 1. The molecule has 3 aromatic rings. The van der Waals surface area contributed by atoms with Crippen LogP contribution in [0.4, 0.5) is 5.69 Å². The number of benzene rings is 3. The van der Waals surface area contributed by atoms with Crippen LogP contribution in [0, 0.1) is 0 Å². The molecule has 0 bridgehead atoms. The summed E-state index contributed by atoms with van der Waals surface area (Å²) in [6, 6.07) is 20.9. The number of phenolic OH excluding ortho intramolecular Hbond substituents is 2. The van der Waals surface area contributed by atoms with Crippen LogP contribution in [-0.2, 0) is 9.59 Å². The summed E-state index contributed by atoms with van der Waals surface area (Å²) in [5.74, 6) is -1.77. The molecule has 0 aliphatic rings. The highest BCUT2D eigenvalue weighted by molar-refractivity contribution is 6.28. The average molecular weight is 427 g/mol. The zero-order chi connectivity index (χ0) is 22.9. The van der Waals surface area contributed by atoms with Crippen LogP contribution in [0.2, 0.25) is 0 Å². The van der Waals surface area contributed by atoms with Crippen molar-refractivity contribution in [1.29, 1.82) is 0 Å². The van der Waals surface area contributed by atoms with Gasteiger partial charge >= 0.3 is 0 Å². The Morgan fingerprint density at radius 2 is 1.19 bits per heavy atom. The van der Waals surface area contributed by atoms with Crippen molar-refractivity contribution in [2.75, 3.05) is 5.32 Å². The number of carbonyl (C=O) groups excluding carboxylic acids is 2. The maximum absolute atomic E-state index is 12.8. The number of ketones is 1. The molecule has 0 aliphatic carbocycles. The van der Waals surface area contributed by atoms with Crippen molar-refractivity contribution < 1.29 is 24.9 Å². The second kappa shape index (κ2) is 10.4. The Hall–Kier alpha value is -4.58. The van der Waals surface area contributed by atoms with Crippen molar-refractivity contribution in [3.05, 3.63) is 113 Å². The van der Waals surface area contributed by atoms with Gasteiger partial charge in [-0.2, -0.15) is 0 Å². The Morgan fingerprint density at radius 1 is 0.688 bits per heavy atom. The van der Waals surface area contributed by atoms with Crippen molar-refractivity contribution in [3.63, 3.8) is 0 Å². The molecule has 3 aromatic carbocycles. The number of carbonyl (C=O) groups is 2. The molecule has 0 fully saturated rings. The molecular weight excluding hydrogens is 406 g/mol. The van der Waals surface area contributed by atoms with Crippen molar-refractivity contribution in [2.45, 2.75) is 0 Å². The minimum Gasteiger partial charge on any atom is -0.508 e. The number of amides is 1. The lowest BCUT2D eigenvalue weighted by Gasteiger charge is -2.08. The summed E-state index contributed by atoms with van der Waals surface area (Å²) in [7, 11) is 0. The predicted molar refractivity (Wildman–Crippen MR) is 124 cm³/mol. The normalized spacial score (nSPS) is 12.0. The van der Waals surface area contributed by atoms with Crippen molar-refractivity contribution in [1.82, 2.24) is 0 Å². The molecule has 0 aromatic heterocycles. The summed E-state index contributed by atoms with van der Waals surface area (Å²) < 4.78 is 0. The quantitative estimate of drug-likeness (QED) is 0.142. The lowest BCUT2D eigenvalue weighted by molar-refractivity contribution is -0.117. The summed E-state index contributed by atoms with van der Waals surface area (Å²) in [4.78, 5) is 25.7. The number of phenols is 2. The fourth-order valence-corrected chi connectivity index (χ4v) is 2.75. The van der Waals surface area contributed by atoms with E-state index in [0.29, 0.717) is 16.8 Å². The largest absolute Gasteiger partial charge is 0.508 e. The summed E-state index contributed by atoms with van der Waals surface area (Å²) in [6.07, 6.45) is 5.42. The van der Waals surface area contributed by atoms with Gasteiger partial charge in [-0.3, -0.25) is 9.59 Å². The molecule has 32 heavy (non-hydrogen) atoms. The molecule has 0 saturated carbocycles. The number of aliphatic hydroxyl groups excluding tert-OH is 1. The van der Waals surface area contributed by atoms with Gasteiger partial charge < -0.3 is 20.6 Å². The van der Waals surface area contributed by atoms with E-state index >= 15 is 0 Å². The van der Waals surface area contributed by atoms with Gasteiger partial charge in [0.15, 0.2) is 5.78 Å². The van der Waals surface area contributed by atoms with Crippen LogP contribution in [0.3, 0.4) is 0 Å². The Labute approximate surface area is 185 Å². The number of hydrogen-bond acceptors (Lipinski definition) is 5. The molecule has 4 N–H and O–H groups in total. The smallest absolute Gasteiger partial charge is 0.263 e. The van der Waals surface area contributed by atoms with E-state index in [-0.39, 0.29) is 11.5 Å². The molecular formula is C26H21NO5. The molecule has 3 rings (SSSR count). The van der Waals surface area contributed by atoms with Gasteiger partial charge in [-0.25, -0.2) is 0 Å². The van der Waals surface area contributed by atoms with Gasteiger partial charge in [-0.15, -0.1) is 0 Å². The van der Waals surface area contributed by atoms with E-state index in [1.165, 1.54) is 48.6 Å². The summed E-state index contributed by atoms with van der Waals surface area (Å²) in [5.41, 5.74) is 1.34. The first-order valence-electron chi connectivity index (χ1n) is 9.70. The SMILES string of the molecule is O=C(/C=C/c1ccc(O)cc1)C(C(=O)Nc1ccccc1)=C(O)C=Cc1ccc(O)cc1. The second-order valence-corrected chi connectivity index (χ2v) is 6.79. The van der Waals surface area contributed by atoms with E-state index in [4.69, 9.17) is 0 Å². The molecule has 0 aliphatic heterocycles. The van der Waals surface area contributed by atoms with E-state index in [2.05, 4.69) is 5.32 Å². The van der Waals surface area contributed by atoms with E-state index < -0.39 is 23.0 Å². The van der Waals surface area contributed by atoms with Gasteiger partial charge in [0.2, 0.25) is 0 Å². The van der Waals surface area contributed by atoms with Crippen LogP contribution in [0.15, 0.2) is 102 Å². The second-order valence-electron chi connectivity index (χ2n) is 6.79. The number of anilines is 1. The molecule has 0 spiro atoms. The average Bonchev–Trinajstić information content (AvgIpc) is 2.79. The summed E-state index contributed by atoms with van der Waals surface area (Å²) in [6.45, 7) is 0.